The van der Waals surface area contributed by atoms with Crippen LogP contribution in [0, 0.1) is 52.6 Å². The predicted molar refractivity (Wildman–Crippen MR) is 103 cm³/mol. The highest BCUT2D eigenvalue weighted by molar-refractivity contribution is 5.36. The summed E-state index contributed by atoms with van der Waals surface area (Å²) in [6.45, 7) is 2.30. The third kappa shape index (κ3) is 3.65. The average molecular weight is 372 g/mol. The van der Waals surface area contributed by atoms with Crippen LogP contribution in [-0.2, 0) is 0 Å². The molecule has 27 heavy (non-hydrogen) atoms. The Morgan fingerprint density at radius 3 is 2.33 bits per heavy atom. The fraction of sp³-hybridized carbons (Fsp3) is 0.708. The van der Waals surface area contributed by atoms with Gasteiger partial charge in [-0.15, -0.1) is 0 Å². The van der Waals surface area contributed by atoms with Crippen molar-refractivity contribution in [1.29, 1.82) is 5.26 Å². The Hall–Kier alpha value is -1.43. The molecule has 0 saturated heterocycles. The second kappa shape index (κ2) is 7.90. The molecule has 1 aromatic carbocycles. The summed E-state index contributed by atoms with van der Waals surface area (Å²) in [5.74, 6) is 3.35. The fourth-order valence-electron chi connectivity index (χ4n) is 6.81. The SMILES string of the molecule is CCC[C@@H]1CC[C@H]2[C@@H](CC[C@@H]3CC(c4cc(F)c(C#N)cc4F)CC[C@H]32)C1. The first kappa shape index (κ1) is 18.9. The van der Waals surface area contributed by atoms with Gasteiger partial charge in [-0.3, -0.25) is 0 Å². The lowest BCUT2D eigenvalue weighted by molar-refractivity contribution is 0.00515. The van der Waals surface area contributed by atoms with Crippen LogP contribution in [0.15, 0.2) is 12.1 Å². The van der Waals surface area contributed by atoms with Crippen molar-refractivity contribution < 1.29 is 8.78 Å². The lowest BCUT2D eigenvalue weighted by Gasteiger charge is -2.51. The first-order valence-corrected chi connectivity index (χ1v) is 11.0. The minimum absolute atomic E-state index is 0.112. The van der Waals surface area contributed by atoms with Gasteiger partial charge in [-0.05, 0) is 98.1 Å². The third-order valence-electron chi connectivity index (χ3n) is 7.99. The molecule has 3 aliphatic carbocycles. The Morgan fingerprint density at radius 1 is 0.926 bits per heavy atom. The third-order valence-corrected chi connectivity index (χ3v) is 7.99. The number of benzene rings is 1. The number of hydrogen-bond acceptors (Lipinski definition) is 1. The lowest BCUT2D eigenvalue weighted by atomic mass is 9.54. The second-order valence-electron chi connectivity index (χ2n) is 9.37. The van der Waals surface area contributed by atoms with E-state index >= 15 is 0 Å². The minimum atomic E-state index is -0.575. The molecule has 0 aromatic heterocycles. The molecule has 0 radical (unpaired) electrons. The van der Waals surface area contributed by atoms with E-state index in [1.165, 1.54) is 51.0 Å². The topological polar surface area (TPSA) is 23.8 Å². The summed E-state index contributed by atoms with van der Waals surface area (Å²) in [6.07, 6.45) is 12.6. The van der Waals surface area contributed by atoms with Crippen LogP contribution in [0.1, 0.15) is 88.2 Å². The van der Waals surface area contributed by atoms with Gasteiger partial charge in [0.05, 0.1) is 5.56 Å². The number of rotatable bonds is 3. The average Bonchev–Trinajstić information content (AvgIpc) is 2.69. The zero-order valence-electron chi connectivity index (χ0n) is 16.4. The monoisotopic (exact) mass is 371 g/mol. The molecule has 1 nitrogen and oxygen atoms in total. The number of nitriles is 1. The molecule has 0 heterocycles. The molecule has 0 aliphatic heterocycles. The summed E-state index contributed by atoms with van der Waals surface area (Å²) < 4.78 is 28.5. The Morgan fingerprint density at radius 2 is 1.63 bits per heavy atom. The molecule has 3 fully saturated rings. The standard InChI is InChI=1S/C24H31F2N/c1-2-3-15-4-8-20-16(10-15)5-6-17-11-18(7-9-21(17)20)22-13-23(25)19(14-27)12-24(22)26/h12-13,15-18,20-21H,2-11H2,1H3/t15-,16+,17-,18?,20+,21-/m1/s1. The molecule has 4 rings (SSSR count). The van der Waals surface area contributed by atoms with Gasteiger partial charge in [0, 0.05) is 0 Å². The van der Waals surface area contributed by atoms with E-state index in [1.54, 1.807) is 6.07 Å². The fourth-order valence-corrected chi connectivity index (χ4v) is 6.81. The van der Waals surface area contributed by atoms with Crippen LogP contribution in [0.25, 0.3) is 0 Å². The zero-order chi connectivity index (χ0) is 19.0. The van der Waals surface area contributed by atoms with Gasteiger partial charge in [-0.1, -0.05) is 26.2 Å². The minimum Gasteiger partial charge on any atom is -0.207 e. The van der Waals surface area contributed by atoms with Gasteiger partial charge in [0.15, 0.2) is 0 Å². The molecule has 146 valence electrons. The van der Waals surface area contributed by atoms with Crippen LogP contribution < -0.4 is 0 Å². The van der Waals surface area contributed by atoms with Crippen LogP contribution in [0.3, 0.4) is 0 Å². The molecular formula is C24H31F2N. The van der Waals surface area contributed by atoms with Crippen LogP contribution >= 0.6 is 0 Å². The maximum absolute atomic E-state index is 14.5. The summed E-state index contributed by atoms with van der Waals surface area (Å²) in [5, 5.41) is 8.90. The van der Waals surface area contributed by atoms with E-state index in [0.717, 1.165) is 49.0 Å². The van der Waals surface area contributed by atoms with Gasteiger partial charge >= 0.3 is 0 Å². The van der Waals surface area contributed by atoms with Gasteiger partial charge in [-0.2, -0.15) is 5.26 Å². The van der Waals surface area contributed by atoms with Gasteiger partial charge in [-0.25, -0.2) is 8.78 Å². The smallest absolute Gasteiger partial charge is 0.141 e. The number of halogens is 2. The molecule has 3 aliphatic rings. The summed E-state index contributed by atoms with van der Waals surface area (Å²) in [7, 11) is 0. The highest BCUT2D eigenvalue weighted by atomic mass is 19.1. The summed E-state index contributed by atoms with van der Waals surface area (Å²) in [5.41, 5.74) is 0.313. The van der Waals surface area contributed by atoms with Crippen molar-refractivity contribution in [2.24, 2.45) is 29.6 Å². The van der Waals surface area contributed by atoms with Crippen molar-refractivity contribution in [3.63, 3.8) is 0 Å². The van der Waals surface area contributed by atoms with Crippen molar-refractivity contribution in [1.82, 2.24) is 0 Å². The van der Waals surface area contributed by atoms with E-state index in [-0.39, 0.29) is 11.5 Å². The van der Waals surface area contributed by atoms with Gasteiger partial charge in [0.2, 0.25) is 0 Å². The Balaban J connectivity index is 1.45. The van der Waals surface area contributed by atoms with E-state index < -0.39 is 11.6 Å². The molecule has 1 aromatic rings. The maximum atomic E-state index is 14.5. The molecule has 0 spiro atoms. The molecular weight excluding hydrogens is 340 g/mol. The Kier molecular flexibility index (Phi) is 5.53. The molecule has 0 bridgehead atoms. The van der Waals surface area contributed by atoms with Crippen LogP contribution in [0.5, 0.6) is 0 Å². The van der Waals surface area contributed by atoms with E-state index in [1.807, 2.05) is 0 Å². The summed E-state index contributed by atoms with van der Waals surface area (Å²) in [6, 6.07) is 4.12. The first-order chi connectivity index (χ1) is 13.1. The molecule has 0 N–H and O–H groups in total. The van der Waals surface area contributed by atoms with E-state index in [4.69, 9.17) is 5.26 Å². The maximum Gasteiger partial charge on any atom is 0.141 e. The van der Waals surface area contributed by atoms with Crippen molar-refractivity contribution in [3.05, 3.63) is 34.9 Å². The Labute approximate surface area is 162 Å². The summed E-state index contributed by atoms with van der Waals surface area (Å²) >= 11 is 0. The molecule has 3 heteroatoms. The van der Waals surface area contributed by atoms with Crippen molar-refractivity contribution in [3.8, 4) is 6.07 Å². The highest BCUT2D eigenvalue weighted by Gasteiger charge is 2.44. The van der Waals surface area contributed by atoms with E-state index in [9.17, 15) is 8.78 Å². The quantitative estimate of drug-likeness (QED) is 0.563. The van der Waals surface area contributed by atoms with Gasteiger partial charge < -0.3 is 0 Å². The second-order valence-corrected chi connectivity index (χ2v) is 9.37. The van der Waals surface area contributed by atoms with Crippen LogP contribution in [0.4, 0.5) is 8.78 Å². The summed E-state index contributed by atoms with van der Waals surface area (Å²) in [4.78, 5) is 0. The predicted octanol–water partition coefficient (Wildman–Crippen LogP) is 6.96. The van der Waals surface area contributed by atoms with Gasteiger partial charge in [0.1, 0.15) is 17.7 Å². The number of nitrogens with zero attached hydrogens (tertiary/aromatic N) is 1. The lowest BCUT2D eigenvalue weighted by Crippen LogP contribution is -2.41. The van der Waals surface area contributed by atoms with Crippen LogP contribution in [-0.4, -0.2) is 0 Å². The van der Waals surface area contributed by atoms with Gasteiger partial charge in [0.25, 0.3) is 0 Å². The molecule has 0 amide bonds. The van der Waals surface area contributed by atoms with E-state index in [2.05, 4.69) is 6.92 Å². The molecule has 1 unspecified atom stereocenters. The van der Waals surface area contributed by atoms with Crippen molar-refractivity contribution in [2.45, 2.75) is 77.0 Å². The van der Waals surface area contributed by atoms with Crippen molar-refractivity contribution >= 4 is 0 Å². The molecule has 6 atom stereocenters. The number of hydrogen-bond donors (Lipinski definition) is 0. The normalized spacial score (nSPS) is 35.8. The van der Waals surface area contributed by atoms with Crippen LogP contribution in [0.2, 0.25) is 0 Å². The highest BCUT2D eigenvalue weighted by Crippen LogP contribution is 2.55. The first-order valence-electron chi connectivity index (χ1n) is 11.0. The largest absolute Gasteiger partial charge is 0.207 e. The Bertz CT molecular complexity index is 722. The zero-order valence-corrected chi connectivity index (χ0v) is 16.4. The molecule has 3 saturated carbocycles. The van der Waals surface area contributed by atoms with E-state index in [0.29, 0.717) is 11.5 Å². The number of fused-ring (bicyclic) bond motifs is 3. The van der Waals surface area contributed by atoms with Crippen molar-refractivity contribution in [2.75, 3.05) is 0 Å².